The van der Waals surface area contributed by atoms with Crippen LogP contribution >= 0.6 is 11.6 Å². The predicted octanol–water partition coefficient (Wildman–Crippen LogP) is 3.62. The van der Waals surface area contributed by atoms with E-state index in [4.69, 9.17) is 25.8 Å². The normalized spacial score (nSPS) is 16.6. The van der Waals surface area contributed by atoms with Crippen LogP contribution in [0.3, 0.4) is 0 Å². The van der Waals surface area contributed by atoms with E-state index in [0.717, 1.165) is 30.2 Å². The first kappa shape index (κ1) is 16.0. The van der Waals surface area contributed by atoms with Gasteiger partial charge in [-0.2, -0.15) is 0 Å². The number of hydrogen-bond donors (Lipinski definition) is 1. The Morgan fingerprint density at radius 3 is 2.48 bits per heavy atom. The van der Waals surface area contributed by atoms with Gasteiger partial charge in [0.05, 0.1) is 20.3 Å². The first-order chi connectivity index (χ1) is 11.2. The third-order valence-corrected chi connectivity index (χ3v) is 4.29. The highest BCUT2D eigenvalue weighted by Gasteiger charge is 2.23. The van der Waals surface area contributed by atoms with Crippen LogP contribution in [0.15, 0.2) is 36.4 Å². The van der Waals surface area contributed by atoms with Crippen molar-refractivity contribution in [1.82, 2.24) is 5.32 Å². The molecule has 1 aliphatic rings. The summed E-state index contributed by atoms with van der Waals surface area (Å²) in [4.78, 5) is 0. The highest BCUT2D eigenvalue weighted by Crippen LogP contribution is 2.35. The summed E-state index contributed by atoms with van der Waals surface area (Å²) >= 11 is 5.90. The lowest BCUT2D eigenvalue weighted by atomic mass is 9.94. The Balaban J connectivity index is 1.79. The van der Waals surface area contributed by atoms with Crippen molar-refractivity contribution >= 4 is 11.6 Å². The maximum atomic E-state index is 5.90. The molecule has 5 heteroatoms. The minimum absolute atomic E-state index is 0.120. The molecule has 0 saturated carbocycles. The van der Waals surface area contributed by atoms with Gasteiger partial charge in [-0.25, -0.2) is 0 Å². The number of fused-ring (bicyclic) bond motifs is 1. The summed E-state index contributed by atoms with van der Waals surface area (Å²) in [5.74, 6) is 2.32. The molecule has 0 amide bonds. The Hall–Kier alpha value is -1.91. The van der Waals surface area contributed by atoms with E-state index in [1.54, 1.807) is 14.2 Å². The van der Waals surface area contributed by atoms with Crippen molar-refractivity contribution in [1.29, 1.82) is 0 Å². The monoisotopic (exact) mass is 333 g/mol. The van der Waals surface area contributed by atoms with Crippen molar-refractivity contribution in [2.45, 2.75) is 12.5 Å². The third-order valence-electron chi connectivity index (χ3n) is 4.04. The summed E-state index contributed by atoms with van der Waals surface area (Å²) in [5, 5.41) is 4.20. The average Bonchev–Trinajstić information content (AvgIpc) is 2.60. The number of hydrogen-bond acceptors (Lipinski definition) is 4. The minimum Gasteiger partial charge on any atom is -0.493 e. The standard InChI is InChI=1S/C18H20ClNO3/c1-21-17-9-12-7-8-20-16(15(12)10-18(17)22-2)11-23-14-5-3-13(19)4-6-14/h3-6,9-10,16,20H,7-8,11H2,1-2H3. The van der Waals surface area contributed by atoms with Gasteiger partial charge in [0.1, 0.15) is 12.4 Å². The second kappa shape index (κ2) is 7.11. The summed E-state index contributed by atoms with van der Waals surface area (Å²) in [7, 11) is 3.31. The molecule has 0 saturated heterocycles. The molecule has 1 atom stereocenters. The fourth-order valence-corrected chi connectivity index (χ4v) is 2.95. The molecule has 2 aromatic carbocycles. The Bertz CT molecular complexity index is 673. The molecule has 4 nitrogen and oxygen atoms in total. The zero-order valence-electron chi connectivity index (χ0n) is 13.3. The summed E-state index contributed by atoms with van der Waals surface area (Å²) in [6.45, 7) is 1.46. The van der Waals surface area contributed by atoms with Crippen molar-refractivity contribution < 1.29 is 14.2 Å². The molecular weight excluding hydrogens is 314 g/mol. The smallest absolute Gasteiger partial charge is 0.161 e. The summed E-state index contributed by atoms with van der Waals surface area (Å²) in [5.41, 5.74) is 2.47. The van der Waals surface area contributed by atoms with Crippen LogP contribution in [0.25, 0.3) is 0 Å². The van der Waals surface area contributed by atoms with E-state index in [1.807, 2.05) is 30.3 Å². The van der Waals surface area contributed by atoms with Crippen LogP contribution in [0.2, 0.25) is 5.02 Å². The van der Waals surface area contributed by atoms with Gasteiger partial charge in [0.2, 0.25) is 0 Å². The van der Waals surface area contributed by atoms with Gasteiger partial charge in [-0.1, -0.05) is 11.6 Å². The number of halogens is 1. The minimum atomic E-state index is 0.120. The summed E-state index contributed by atoms with van der Waals surface area (Å²) in [6, 6.07) is 11.6. The molecule has 0 radical (unpaired) electrons. The van der Waals surface area contributed by atoms with Gasteiger partial charge < -0.3 is 19.5 Å². The largest absolute Gasteiger partial charge is 0.493 e. The zero-order valence-corrected chi connectivity index (χ0v) is 14.0. The summed E-state index contributed by atoms with van der Waals surface area (Å²) in [6.07, 6.45) is 0.965. The predicted molar refractivity (Wildman–Crippen MR) is 90.9 cm³/mol. The number of rotatable bonds is 5. The maximum absolute atomic E-state index is 5.90. The fourth-order valence-electron chi connectivity index (χ4n) is 2.83. The molecule has 122 valence electrons. The lowest BCUT2D eigenvalue weighted by Gasteiger charge is -2.28. The van der Waals surface area contributed by atoms with Gasteiger partial charge in [0.15, 0.2) is 11.5 Å². The van der Waals surface area contributed by atoms with Crippen molar-refractivity contribution in [2.75, 3.05) is 27.4 Å². The van der Waals surface area contributed by atoms with Crippen molar-refractivity contribution in [2.24, 2.45) is 0 Å². The van der Waals surface area contributed by atoms with Gasteiger partial charge in [-0.05, 0) is 60.5 Å². The Morgan fingerprint density at radius 2 is 1.78 bits per heavy atom. The van der Waals surface area contributed by atoms with E-state index < -0.39 is 0 Å². The van der Waals surface area contributed by atoms with E-state index in [1.165, 1.54) is 11.1 Å². The summed E-state index contributed by atoms with van der Waals surface area (Å²) < 4.78 is 16.7. The number of nitrogens with one attached hydrogen (secondary N) is 1. The quantitative estimate of drug-likeness (QED) is 0.907. The lowest BCUT2D eigenvalue weighted by Crippen LogP contribution is -2.33. The third kappa shape index (κ3) is 3.54. The molecule has 1 heterocycles. The van der Waals surface area contributed by atoms with Crippen molar-refractivity contribution in [3.05, 3.63) is 52.5 Å². The Kier molecular flexibility index (Phi) is 4.94. The van der Waals surface area contributed by atoms with Crippen LogP contribution in [0.4, 0.5) is 0 Å². The molecule has 1 unspecified atom stereocenters. The molecular formula is C18H20ClNO3. The molecule has 2 aromatic rings. The second-order valence-electron chi connectivity index (χ2n) is 5.43. The number of methoxy groups -OCH3 is 2. The van der Waals surface area contributed by atoms with E-state index in [9.17, 15) is 0 Å². The first-order valence-corrected chi connectivity index (χ1v) is 7.95. The van der Waals surface area contributed by atoms with Crippen LogP contribution in [0, 0.1) is 0 Å². The van der Waals surface area contributed by atoms with Crippen molar-refractivity contribution in [3.8, 4) is 17.2 Å². The van der Waals surface area contributed by atoms with Gasteiger partial charge in [0.25, 0.3) is 0 Å². The maximum Gasteiger partial charge on any atom is 0.161 e. The van der Waals surface area contributed by atoms with Gasteiger partial charge in [-0.3, -0.25) is 0 Å². The molecule has 1 aliphatic heterocycles. The first-order valence-electron chi connectivity index (χ1n) is 7.58. The number of ether oxygens (including phenoxy) is 3. The molecule has 23 heavy (non-hydrogen) atoms. The second-order valence-corrected chi connectivity index (χ2v) is 5.86. The fraction of sp³-hybridized carbons (Fsp3) is 0.333. The van der Waals surface area contributed by atoms with Crippen molar-refractivity contribution in [3.63, 3.8) is 0 Å². The van der Waals surface area contributed by atoms with Crippen LogP contribution in [-0.2, 0) is 6.42 Å². The molecule has 0 aromatic heterocycles. The van der Waals surface area contributed by atoms with E-state index in [2.05, 4.69) is 11.4 Å². The van der Waals surface area contributed by atoms with Gasteiger partial charge in [-0.15, -0.1) is 0 Å². The Labute approximate surface area is 141 Å². The van der Waals surface area contributed by atoms with Crippen LogP contribution in [0.1, 0.15) is 17.2 Å². The molecule has 3 rings (SSSR count). The van der Waals surface area contributed by atoms with Crippen LogP contribution < -0.4 is 19.5 Å². The number of benzene rings is 2. The molecule has 1 N–H and O–H groups in total. The van der Waals surface area contributed by atoms with Gasteiger partial charge in [0, 0.05) is 5.02 Å². The zero-order chi connectivity index (χ0) is 16.2. The average molecular weight is 334 g/mol. The molecule has 0 bridgehead atoms. The van der Waals surface area contributed by atoms with E-state index in [-0.39, 0.29) is 6.04 Å². The molecule has 0 aliphatic carbocycles. The highest BCUT2D eigenvalue weighted by molar-refractivity contribution is 6.30. The molecule has 0 spiro atoms. The lowest BCUT2D eigenvalue weighted by molar-refractivity contribution is 0.260. The van der Waals surface area contributed by atoms with Gasteiger partial charge >= 0.3 is 0 Å². The van der Waals surface area contributed by atoms with E-state index in [0.29, 0.717) is 11.6 Å². The highest BCUT2D eigenvalue weighted by atomic mass is 35.5. The topological polar surface area (TPSA) is 39.7 Å². The van der Waals surface area contributed by atoms with Crippen LogP contribution in [-0.4, -0.2) is 27.4 Å². The van der Waals surface area contributed by atoms with E-state index >= 15 is 0 Å². The Morgan fingerprint density at radius 1 is 1.09 bits per heavy atom. The SMILES string of the molecule is COc1cc2c(cc1OC)C(COc1ccc(Cl)cc1)NCC2. The molecule has 0 fully saturated rings. The van der Waals surface area contributed by atoms with Crippen LogP contribution in [0.5, 0.6) is 17.2 Å².